The van der Waals surface area contributed by atoms with E-state index in [1.807, 2.05) is 0 Å². The van der Waals surface area contributed by atoms with Crippen LogP contribution in [0.5, 0.6) is 0 Å². The van der Waals surface area contributed by atoms with E-state index in [2.05, 4.69) is 70.8 Å². The maximum Gasteiger partial charge on any atom is 0.129 e. The van der Waals surface area contributed by atoms with E-state index < -0.39 is 0 Å². The fraction of sp³-hybridized carbons (Fsp3) is 0.722. The largest absolute Gasteiger partial charge is 0.357 e. The third-order valence-corrected chi connectivity index (χ3v) is 3.76. The first-order valence-electron chi connectivity index (χ1n) is 8.22. The number of nitrogens with zero attached hydrogens (tertiary/aromatic N) is 2. The average Bonchev–Trinajstić information content (AvgIpc) is 2.40. The average molecular weight is 291 g/mol. The predicted octanol–water partition coefficient (Wildman–Crippen LogP) is 4.15. The molecule has 0 fully saturated rings. The van der Waals surface area contributed by atoms with Crippen LogP contribution < -0.4 is 10.2 Å². The summed E-state index contributed by atoms with van der Waals surface area (Å²) in [7, 11) is 0. The summed E-state index contributed by atoms with van der Waals surface area (Å²) in [6, 6.07) is 4.41. The van der Waals surface area contributed by atoms with Gasteiger partial charge in [0.25, 0.3) is 0 Å². The van der Waals surface area contributed by atoms with E-state index in [0.717, 1.165) is 31.1 Å². The van der Waals surface area contributed by atoms with Gasteiger partial charge in [0.1, 0.15) is 5.82 Å². The Labute approximate surface area is 131 Å². The van der Waals surface area contributed by atoms with E-state index in [1.165, 1.54) is 12.0 Å². The zero-order valence-corrected chi connectivity index (χ0v) is 15.0. The number of hydrogen-bond donors (Lipinski definition) is 1. The van der Waals surface area contributed by atoms with Crippen molar-refractivity contribution in [3.05, 3.63) is 23.4 Å². The number of hydrogen-bond acceptors (Lipinski definition) is 3. The van der Waals surface area contributed by atoms with Gasteiger partial charge in [-0.25, -0.2) is 4.98 Å². The van der Waals surface area contributed by atoms with Crippen molar-refractivity contribution >= 4 is 5.82 Å². The summed E-state index contributed by atoms with van der Waals surface area (Å²) < 4.78 is 0. The van der Waals surface area contributed by atoms with E-state index >= 15 is 0 Å². The van der Waals surface area contributed by atoms with E-state index in [-0.39, 0.29) is 5.54 Å². The summed E-state index contributed by atoms with van der Waals surface area (Å²) in [5.74, 6) is 1.81. The Balaban J connectivity index is 2.88. The number of aryl methyl sites for hydroxylation is 1. The first-order chi connectivity index (χ1) is 9.75. The second-order valence-corrected chi connectivity index (χ2v) is 7.13. The topological polar surface area (TPSA) is 28.2 Å². The van der Waals surface area contributed by atoms with Crippen LogP contribution in [0.25, 0.3) is 0 Å². The van der Waals surface area contributed by atoms with Gasteiger partial charge in [0.05, 0.1) is 0 Å². The monoisotopic (exact) mass is 291 g/mol. The van der Waals surface area contributed by atoms with Crippen LogP contribution in [-0.4, -0.2) is 23.6 Å². The van der Waals surface area contributed by atoms with Gasteiger partial charge in [-0.1, -0.05) is 20.3 Å². The summed E-state index contributed by atoms with van der Waals surface area (Å²) in [4.78, 5) is 7.13. The molecule has 1 aromatic heterocycles. The van der Waals surface area contributed by atoms with Gasteiger partial charge in [-0.15, -0.1) is 0 Å². The standard InChI is InChI=1S/C18H33N3/c1-8-14(3)13-21(9-2)17-11-16(10-15(4)20-17)12-19-18(5,6)7/h10-11,14,19H,8-9,12-13H2,1-7H3. The highest BCUT2D eigenvalue weighted by atomic mass is 15.2. The maximum atomic E-state index is 4.73. The molecule has 0 aliphatic rings. The maximum absolute atomic E-state index is 4.73. The minimum absolute atomic E-state index is 0.137. The molecule has 0 aliphatic carbocycles. The number of rotatable bonds is 7. The highest BCUT2D eigenvalue weighted by Crippen LogP contribution is 2.18. The van der Waals surface area contributed by atoms with Crippen molar-refractivity contribution in [3.63, 3.8) is 0 Å². The van der Waals surface area contributed by atoms with Crippen molar-refractivity contribution in [3.8, 4) is 0 Å². The number of aromatic nitrogens is 1. The van der Waals surface area contributed by atoms with Crippen LogP contribution in [0, 0.1) is 12.8 Å². The molecule has 0 radical (unpaired) electrons. The Kier molecular flexibility index (Phi) is 6.66. The molecule has 1 atom stereocenters. The SMILES string of the molecule is CCC(C)CN(CC)c1cc(CNC(C)(C)C)cc(C)n1. The van der Waals surface area contributed by atoms with Gasteiger partial charge >= 0.3 is 0 Å². The van der Waals surface area contributed by atoms with Crippen LogP contribution in [0.2, 0.25) is 0 Å². The number of pyridine rings is 1. The lowest BCUT2D eigenvalue weighted by atomic mass is 10.1. The van der Waals surface area contributed by atoms with Crippen LogP contribution in [0.15, 0.2) is 12.1 Å². The highest BCUT2D eigenvalue weighted by Gasteiger charge is 2.13. The molecular weight excluding hydrogens is 258 g/mol. The second kappa shape index (κ2) is 7.79. The lowest BCUT2D eigenvalue weighted by Gasteiger charge is -2.26. The van der Waals surface area contributed by atoms with Crippen molar-refractivity contribution in [1.29, 1.82) is 0 Å². The molecule has 0 amide bonds. The third kappa shape index (κ3) is 6.47. The van der Waals surface area contributed by atoms with E-state index in [9.17, 15) is 0 Å². The summed E-state index contributed by atoms with van der Waals surface area (Å²) in [5, 5.41) is 3.56. The Morgan fingerprint density at radius 2 is 1.90 bits per heavy atom. The minimum Gasteiger partial charge on any atom is -0.357 e. The molecule has 1 heterocycles. The first kappa shape index (κ1) is 18.0. The molecule has 0 saturated heterocycles. The van der Waals surface area contributed by atoms with Crippen LogP contribution in [0.1, 0.15) is 59.2 Å². The lowest BCUT2D eigenvalue weighted by molar-refractivity contribution is 0.424. The predicted molar refractivity (Wildman–Crippen MR) is 92.9 cm³/mol. The molecule has 0 bridgehead atoms. The van der Waals surface area contributed by atoms with Gasteiger partial charge < -0.3 is 10.2 Å². The lowest BCUT2D eigenvalue weighted by Crippen LogP contribution is -2.35. The van der Waals surface area contributed by atoms with Gasteiger partial charge in [-0.05, 0) is 58.2 Å². The minimum atomic E-state index is 0.137. The molecule has 120 valence electrons. The molecule has 0 aliphatic heterocycles. The Hall–Kier alpha value is -1.09. The quantitative estimate of drug-likeness (QED) is 0.818. The zero-order valence-electron chi connectivity index (χ0n) is 15.0. The molecule has 1 N–H and O–H groups in total. The number of nitrogens with one attached hydrogen (secondary N) is 1. The molecule has 0 aromatic carbocycles. The van der Waals surface area contributed by atoms with Gasteiger partial charge in [0.2, 0.25) is 0 Å². The Morgan fingerprint density at radius 3 is 2.43 bits per heavy atom. The second-order valence-electron chi connectivity index (χ2n) is 7.13. The fourth-order valence-electron chi connectivity index (χ4n) is 2.24. The Morgan fingerprint density at radius 1 is 1.24 bits per heavy atom. The molecule has 0 saturated carbocycles. The van der Waals surface area contributed by atoms with Gasteiger partial charge in [0.15, 0.2) is 0 Å². The summed E-state index contributed by atoms with van der Waals surface area (Å²) in [5.41, 5.74) is 2.55. The van der Waals surface area contributed by atoms with Gasteiger partial charge in [0, 0.05) is 30.9 Å². The molecule has 3 heteroatoms. The molecule has 21 heavy (non-hydrogen) atoms. The fourth-order valence-corrected chi connectivity index (χ4v) is 2.24. The highest BCUT2D eigenvalue weighted by molar-refractivity contribution is 5.42. The first-order valence-corrected chi connectivity index (χ1v) is 8.22. The van der Waals surface area contributed by atoms with Crippen LogP contribution in [-0.2, 0) is 6.54 Å². The van der Waals surface area contributed by atoms with Crippen molar-refractivity contribution in [2.24, 2.45) is 5.92 Å². The molecule has 1 rings (SSSR count). The van der Waals surface area contributed by atoms with Gasteiger partial charge in [-0.2, -0.15) is 0 Å². The zero-order chi connectivity index (χ0) is 16.0. The molecular formula is C18H33N3. The van der Waals surface area contributed by atoms with Crippen molar-refractivity contribution in [2.75, 3.05) is 18.0 Å². The van der Waals surface area contributed by atoms with E-state index in [0.29, 0.717) is 5.92 Å². The molecule has 0 spiro atoms. The molecule has 1 aromatic rings. The summed E-state index contributed by atoms with van der Waals surface area (Å²) in [6.07, 6.45) is 1.21. The molecule has 3 nitrogen and oxygen atoms in total. The normalized spacial score (nSPS) is 13.3. The van der Waals surface area contributed by atoms with Crippen molar-refractivity contribution < 1.29 is 0 Å². The smallest absolute Gasteiger partial charge is 0.129 e. The van der Waals surface area contributed by atoms with Crippen LogP contribution in [0.3, 0.4) is 0 Å². The Bertz CT molecular complexity index is 435. The van der Waals surface area contributed by atoms with Crippen molar-refractivity contribution in [2.45, 2.75) is 67.0 Å². The van der Waals surface area contributed by atoms with Crippen molar-refractivity contribution in [1.82, 2.24) is 10.3 Å². The summed E-state index contributed by atoms with van der Waals surface area (Å²) in [6.45, 7) is 18.4. The van der Waals surface area contributed by atoms with Crippen LogP contribution in [0.4, 0.5) is 5.82 Å². The summed E-state index contributed by atoms with van der Waals surface area (Å²) >= 11 is 0. The van der Waals surface area contributed by atoms with E-state index in [1.54, 1.807) is 0 Å². The van der Waals surface area contributed by atoms with Crippen LogP contribution >= 0.6 is 0 Å². The van der Waals surface area contributed by atoms with E-state index in [4.69, 9.17) is 4.98 Å². The number of anilines is 1. The third-order valence-electron chi connectivity index (χ3n) is 3.76. The molecule has 1 unspecified atom stereocenters. The van der Waals surface area contributed by atoms with Gasteiger partial charge in [-0.3, -0.25) is 0 Å².